The monoisotopic (exact) mass is 211 g/mol. The number of rotatable bonds is 4. The maximum atomic E-state index is 11.3. The van der Waals surface area contributed by atoms with Crippen LogP contribution >= 0.6 is 0 Å². The number of Topliss-reactive ketones (excluding diaryl/α,β-unsaturated/α-hetero) is 2. The van der Waals surface area contributed by atoms with Crippen molar-refractivity contribution in [2.45, 2.75) is 13.3 Å². The smallest absolute Gasteiger partial charge is 0.374 e. The number of esters is 1. The molecular formula is C9H9NO5. The van der Waals surface area contributed by atoms with Gasteiger partial charge < -0.3 is 9.26 Å². The highest BCUT2D eigenvalue weighted by Gasteiger charge is 2.21. The molecule has 6 heteroatoms. The zero-order valence-corrected chi connectivity index (χ0v) is 8.27. The number of hydrogen-bond donors (Lipinski definition) is 0. The molecule has 15 heavy (non-hydrogen) atoms. The summed E-state index contributed by atoms with van der Waals surface area (Å²) in [7, 11) is 1.07. The summed E-state index contributed by atoms with van der Waals surface area (Å²) in [6.07, 6.45) is -0.557. The summed E-state index contributed by atoms with van der Waals surface area (Å²) in [6.45, 7) is 1.62. The van der Waals surface area contributed by atoms with Crippen molar-refractivity contribution in [3.8, 4) is 0 Å². The SMILES string of the molecule is COC(=O)C(=O)CC(=O)c1cc(C)on1. The van der Waals surface area contributed by atoms with Gasteiger partial charge in [-0.25, -0.2) is 4.79 Å². The average molecular weight is 211 g/mol. The molecule has 0 N–H and O–H groups in total. The zero-order chi connectivity index (χ0) is 11.4. The molecule has 1 rings (SSSR count). The predicted molar refractivity (Wildman–Crippen MR) is 47.2 cm³/mol. The molecule has 1 heterocycles. The van der Waals surface area contributed by atoms with Crippen LogP contribution in [0.2, 0.25) is 0 Å². The van der Waals surface area contributed by atoms with Crippen molar-refractivity contribution in [2.75, 3.05) is 7.11 Å². The number of methoxy groups -OCH3 is 1. The second-order valence-corrected chi connectivity index (χ2v) is 2.84. The molecule has 0 aromatic carbocycles. The molecule has 0 unspecified atom stereocenters. The summed E-state index contributed by atoms with van der Waals surface area (Å²) in [5.74, 6) is -2.04. The Kier molecular flexibility index (Phi) is 3.33. The average Bonchev–Trinajstić information content (AvgIpc) is 2.63. The Morgan fingerprint density at radius 3 is 2.60 bits per heavy atom. The fourth-order valence-corrected chi connectivity index (χ4v) is 0.920. The highest BCUT2D eigenvalue weighted by Crippen LogP contribution is 2.05. The van der Waals surface area contributed by atoms with E-state index in [1.807, 2.05) is 0 Å². The van der Waals surface area contributed by atoms with Crippen molar-refractivity contribution in [3.05, 3.63) is 17.5 Å². The van der Waals surface area contributed by atoms with Gasteiger partial charge in [-0.15, -0.1) is 0 Å². The van der Waals surface area contributed by atoms with Gasteiger partial charge in [-0.1, -0.05) is 5.16 Å². The largest absolute Gasteiger partial charge is 0.463 e. The van der Waals surface area contributed by atoms with E-state index in [1.54, 1.807) is 6.92 Å². The Morgan fingerprint density at radius 2 is 2.13 bits per heavy atom. The molecule has 0 fully saturated rings. The van der Waals surface area contributed by atoms with Gasteiger partial charge in [-0.3, -0.25) is 9.59 Å². The van der Waals surface area contributed by atoms with Crippen LogP contribution in [0, 0.1) is 6.92 Å². The first-order chi connectivity index (χ1) is 7.04. The first-order valence-electron chi connectivity index (χ1n) is 4.12. The minimum absolute atomic E-state index is 0.0322. The lowest BCUT2D eigenvalue weighted by molar-refractivity contribution is -0.151. The maximum absolute atomic E-state index is 11.3. The quantitative estimate of drug-likeness (QED) is 0.308. The standard InChI is InChI=1S/C9H9NO5/c1-5-3-6(10-15-5)7(11)4-8(12)9(13)14-2/h3H,4H2,1-2H3. The molecule has 6 nitrogen and oxygen atoms in total. The molecule has 0 aliphatic heterocycles. The molecule has 0 amide bonds. The Balaban J connectivity index is 2.64. The molecule has 0 bridgehead atoms. The number of aryl methyl sites for hydroxylation is 1. The number of nitrogens with zero attached hydrogens (tertiary/aromatic N) is 1. The minimum atomic E-state index is -1.04. The van der Waals surface area contributed by atoms with E-state index in [4.69, 9.17) is 0 Å². The van der Waals surface area contributed by atoms with Gasteiger partial charge in [0.1, 0.15) is 11.5 Å². The van der Waals surface area contributed by atoms with E-state index in [0.29, 0.717) is 5.76 Å². The van der Waals surface area contributed by atoms with E-state index in [9.17, 15) is 14.4 Å². The Hall–Kier alpha value is -1.98. The van der Waals surface area contributed by atoms with Crippen molar-refractivity contribution in [2.24, 2.45) is 0 Å². The summed E-state index contributed by atoms with van der Waals surface area (Å²) < 4.78 is 8.83. The van der Waals surface area contributed by atoms with Gasteiger partial charge in [0.25, 0.3) is 0 Å². The number of hydrogen-bond acceptors (Lipinski definition) is 6. The van der Waals surface area contributed by atoms with Crippen LogP contribution in [0.1, 0.15) is 22.7 Å². The highest BCUT2D eigenvalue weighted by molar-refractivity contribution is 6.37. The van der Waals surface area contributed by atoms with Gasteiger partial charge in [0.15, 0.2) is 5.78 Å². The van der Waals surface area contributed by atoms with Gasteiger partial charge in [0, 0.05) is 6.07 Å². The summed E-state index contributed by atoms with van der Waals surface area (Å²) >= 11 is 0. The van der Waals surface area contributed by atoms with Crippen LogP contribution < -0.4 is 0 Å². The van der Waals surface area contributed by atoms with Crippen LogP contribution in [0.4, 0.5) is 0 Å². The van der Waals surface area contributed by atoms with E-state index in [1.165, 1.54) is 6.07 Å². The Morgan fingerprint density at radius 1 is 1.47 bits per heavy atom. The van der Waals surface area contributed by atoms with Crippen LogP contribution in [0.5, 0.6) is 0 Å². The summed E-state index contributed by atoms with van der Waals surface area (Å²) in [5, 5.41) is 3.43. The number of ether oxygens (including phenoxy) is 1. The highest BCUT2D eigenvalue weighted by atomic mass is 16.5. The molecule has 80 valence electrons. The van der Waals surface area contributed by atoms with Crippen LogP contribution in [-0.2, 0) is 14.3 Å². The normalized spacial score (nSPS) is 9.73. The molecule has 0 aliphatic rings. The summed E-state index contributed by atoms with van der Waals surface area (Å²) in [5.41, 5.74) is 0.0322. The third-order valence-corrected chi connectivity index (χ3v) is 1.65. The van der Waals surface area contributed by atoms with Crippen molar-refractivity contribution in [1.82, 2.24) is 5.16 Å². The van der Waals surface area contributed by atoms with E-state index in [2.05, 4.69) is 14.4 Å². The molecule has 0 saturated carbocycles. The van der Waals surface area contributed by atoms with Crippen LogP contribution in [0.25, 0.3) is 0 Å². The molecule has 1 aromatic rings. The molecular weight excluding hydrogens is 202 g/mol. The van der Waals surface area contributed by atoms with Gasteiger partial charge in [-0.2, -0.15) is 0 Å². The van der Waals surface area contributed by atoms with Crippen molar-refractivity contribution in [3.63, 3.8) is 0 Å². The lowest BCUT2D eigenvalue weighted by atomic mass is 10.1. The fraction of sp³-hybridized carbons (Fsp3) is 0.333. The number of carbonyl (C=O) groups excluding carboxylic acids is 3. The van der Waals surface area contributed by atoms with Gasteiger partial charge >= 0.3 is 5.97 Å². The second-order valence-electron chi connectivity index (χ2n) is 2.84. The number of aromatic nitrogens is 1. The molecule has 1 aromatic heterocycles. The minimum Gasteiger partial charge on any atom is -0.463 e. The molecule has 0 radical (unpaired) electrons. The molecule has 0 atom stereocenters. The lowest BCUT2D eigenvalue weighted by Gasteiger charge is -1.95. The Labute approximate surface area is 85.2 Å². The molecule has 0 spiro atoms. The van der Waals surface area contributed by atoms with E-state index < -0.39 is 24.0 Å². The van der Waals surface area contributed by atoms with Crippen LogP contribution in [-0.4, -0.2) is 29.8 Å². The second kappa shape index (κ2) is 4.50. The van der Waals surface area contributed by atoms with Crippen LogP contribution in [0.15, 0.2) is 10.6 Å². The number of ketones is 2. The molecule has 0 saturated heterocycles. The van der Waals surface area contributed by atoms with Gasteiger partial charge in [-0.05, 0) is 6.92 Å². The summed E-state index contributed by atoms with van der Waals surface area (Å²) in [4.78, 5) is 33.1. The van der Waals surface area contributed by atoms with E-state index in [-0.39, 0.29) is 5.69 Å². The van der Waals surface area contributed by atoms with Crippen LogP contribution in [0.3, 0.4) is 0 Å². The van der Waals surface area contributed by atoms with E-state index in [0.717, 1.165) is 7.11 Å². The Bertz CT molecular complexity index is 406. The summed E-state index contributed by atoms with van der Waals surface area (Å²) in [6, 6.07) is 1.40. The fourth-order valence-electron chi connectivity index (χ4n) is 0.920. The number of carbonyl (C=O) groups is 3. The van der Waals surface area contributed by atoms with Crippen molar-refractivity contribution >= 4 is 17.5 Å². The third kappa shape index (κ3) is 2.73. The van der Waals surface area contributed by atoms with Crippen molar-refractivity contribution in [1.29, 1.82) is 0 Å². The topological polar surface area (TPSA) is 86.5 Å². The van der Waals surface area contributed by atoms with E-state index >= 15 is 0 Å². The predicted octanol–water partition coefficient (Wildman–Crippen LogP) is 0.298. The molecule has 0 aliphatic carbocycles. The zero-order valence-electron chi connectivity index (χ0n) is 8.27. The maximum Gasteiger partial charge on any atom is 0.374 e. The first kappa shape index (κ1) is 11.1. The van der Waals surface area contributed by atoms with Gasteiger partial charge in [0.2, 0.25) is 5.78 Å². The van der Waals surface area contributed by atoms with Gasteiger partial charge in [0.05, 0.1) is 13.5 Å². The van der Waals surface area contributed by atoms with Crippen molar-refractivity contribution < 1.29 is 23.6 Å². The third-order valence-electron chi connectivity index (χ3n) is 1.65. The first-order valence-corrected chi connectivity index (χ1v) is 4.12. The lowest BCUT2D eigenvalue weighted by Crippen LogP contribution is -2.19.